The van der Waals surface area contributed by atoms with Gasteiger partial charge in [0.05, 0.1) is 5.56 Å². The van der Waals surface area contributed by atoms with Crippen molar-refractivity contribution < 1.29 is 13.2 Å². The molecule has 19 heavy (non-hydrogen) atoms. The lowest BCUT2D eigenvalue weighted by Gasteiger charge is -2.10. The number of halogens is 1. The number of rotatable bonds is 4. The maximum absolute atomic E-state index is 11.8. The number of sulfonamides is 1. The third kappa shape index (κ3) is 4.43. The molecule has 4 N–H and O–H groups in total. The molecule has 108 valence electrons. The van der Waals surface area contributed by atoms with E-state index in [1.807, 2.05) is 0 Å². The summed E-state index contributed by atoms with van der Waals surface area (Å²) in [6.45, 7) is 1.54. The van der Waals surface area contributed by atoms with Crippen LogP contribution in [0.1, 0.15) is 23.2 Å². The van der Waals surface area contributed by atoms with Crippen molar-refractivity contribution in [2.45, 2.75) is 23.1 Å². The van der Waals surface area contributed by atoms with Crippen molar-refractivity contribution >= 4 is 39.7 Å². The van der Waals surface area contributed by atoms with Gasteiger partial charge in [0.15, 0.2) is 0 Å². The standard InChI is InChI=1S/C10H15N3O3S2.ClH/c11-18(15,16)9-4-7(6-17-9)10(14)13-5-8-2-1-3-12-8;/h4,6,8,12H,1-3,5H2,(H,13,14)(H2,11,15,16);1H. The molecule has 0 aliphatic carbocycles. The monoisotopic (exact) mass is 325 g/mol. The van der Waals surface area contributed by atoms with Crippen molar-refractivity contribution in [2.75, 3.05) is 13.1 Å². The molecule has 0 aromatic carbocycles. The Morgan fingerprint density at radius 2 is 2.32 bits per heavy atom. The fourth-order valence-corrected chi connectivity index (χ4v) is 3.42. The van der Waals surface area contributed by atoms with E-state index in [9.17, 15) is 13.2 Å². The molecule has 1 fully saturated rings. The van der Waals surface area contributed by atoms with Crippen LogP contribution in [0.15, 0.2) is 15.7 Å². The first-order valence-corrected chi connectivity index (χ1v) is 8.02. The van der Waals surface area contributed by atoms with Crippen LogP contribution in [0.25, 0.3) is 0 Å². The van der Waals surface area contributed by atoms with Gasteiger partial charge >= 0.3 is 0 Å². The topological polar surface area (TPSA) is 101 Å². The van der Waals surface area contributed by atoms with Gasteiger partial charge in [-0.1, -0.05) is 0 Å². The highest BCUT2D eigenvalue weighted by molar-refractivity contribution is 7.91. The number of thiophene rings is 1. The molecule has 6 nitrogen and oxygen atoms in total. The Bertz CT molecular complexity index is 538. The summed E-state index contributed by atoms with van der Waals surface area (Å²) in [4.78, 5) is 11.8. The van der Waals surface area contributed by atoms with E-state index < -0.39 is 10.0 Å². The van der Waals surface area contributed by atoms with Gasteiger partial charge in [-0.15, -0.1) is 23.7 Å². The molecule has 0 bridgehead atoms. The Hall–Kier alpha value is -0.670. The third-order valence-corrected chi connectivity index (χ3v) is 5.18. The van der Waals surface area contributed by atoms with Crippen molar-refractivity contribution in [1.29, 1.82) is 0 Å². The summed E-state index contributed by atoms with van der Waals surface area (Å²) in [6.07, 6.45) is 2.17. The fraction of sp³-hybridized carbons (Fsp3) is 0.500. The minimum atomic E-state index is -3.72. The van der Waals surface area contributed by atoms with Crippen molar-refractivity contribution in [3.63, 3.8) is 0 Å². The highest BCUT2D eigenvalue weighted by atomic mass is 35.5. The molecule has 1 atom stereocenters. The number of nitrogens with two attached hydrogens (primary N) is 1. The van der Waals surface area contributed by atoms with E-state index in [1.165, 1.54) is 11.4 Å². The lowest BCUT2D eigenvalue weighted by atomic mass is 10.2. The Labute approximate surface area is 122 Å². The molecule has 9 heteroatoms. The summed E-state index contributed by atoms with van der Waals surface area (Å²) >= 11 is 0.954. The lowest BCUT2D eigenvalue weighted by molar-refractivity contribution is 0.0950. The Morgan fingerprint density at radius 3 is 2.84 bits per heavy atom. The van der Waals surface area contributed by atoms with Crippen LogP contribution in [0, 0.1) is 0 Å². The average Bonchev–Trinajstić information content (AvgIpc) is 2.96. The highest BCUT2D eigenvalue weighted by Gasteiger charge is 2.17. The van der Waals surface area contributed by atoms with Crippen molar-refractivity contribution in [3.05, 3.63) is 17.0 Å². The van der Waals surface area contributed by atoms with Crippen LogP contribution in [0.4, 0.5) is 0 Å². The van der Waals surface area contributed by atoms with Gasteiger partial charge in [0.2, 0.25) is 10.0 Å². The van der Waals surface area contributed by atoms with Gasteiger partial charge in [0.25, 0.3) is 5.91 Å². The van der Waals surface area contributed by atoms with Crippen LogP contribution in [-0.2, 0) is 10.0 Å². The molecule has 1 saturated heterocycles. The molecule has 1 unspecified atom stereocenters. The van der Waals surface area contributed by atoms with Crippen LogP contribution in [0.2, 0.25) is 0 Å². The van der Waals surface area contributed by atoms with E-state index in [4.69, 9.17) is 5.14 Å². The van der Waals surface area contributed by atoms with E-state index in [2.05, 4.69) is 10.6 Å². The zero-order valence-corrected chi connectivity index (χ0v) is 12.5. The van der Waals surface area contributed by atoms with Crippen molar-refractivity contribution in [2.24, 2.45) is 5.14 Å². The van der Waals surface area contributed by atoms with Crippen LogP contribution in [0.3, 0.4) is 0 Å². The smallest absolute Gasteiger partial charge is 0.252 e. The zero-order chi connectivity index (χ0) is 13.2. The van der Waals surface area contributed by atoms with Crippen LogP contribution >= 0.6 is 23.7 Å². The Kier molecular flexibility index (Phi) is 5.75. The van der Waals surface area contributed by atoms with E-state index in [0.29, 0.717) is 18.2 Å². The van der Waals surface area contributed by atoms with E-state index >= 15 is 0 Å². The van der Waals surface area contributed by atoms with E-state index in [0.717, 1.165) is 30.7 Å². The van der Waals surface area contributed by atoms with E-state index in [-0.39, 0.29) is 22.5 Å². The summed E-state index contributed by atoms with van der Waals surface area (Å²) in [7, 11) is -3.72. The van der Waals surface area contributed by atoms with Gasteiger partial charge < -0.3 is 10.6 Å². The maximum Gasteiger partial charge on any atom is 0.252 e. The second-order valence-corrected chi connectivity index (χ2v) is 6.90. The van der Waals surface area contributed by atoms with Crippen molar-refractivity contribution in [3.8, 4) is 0 Å². The number of carbonyl (C=O) groups excluding carboxylic acids is 1. The first-order chi connectivity index (χ1) is 8.47. The number of hydrogen-bond acceptors (Lipinski definition) is 5. The van der Waals surface area contributed by atoms with Gasteiger partial charge in [-0.3, -0.25) is 4.79 Å². The molecule has 1 aliphatic rings. The zero-order valence-electron chi connectivity index (χ0n) is 10.1. The molecular weight excluding hydrogens is 310 g/mol. The molecule has 1 aliphatic heterocycles. The molecule has 0 spiro atoms. The number of carbonyl (C=O) groups is 1. The molecule has 1 aromatic heterocycles. The molecule has 2 heterocycles. The molecule has 0 saturated carbocycles. The number of primary sulfonamides is 1. The number of nitrogens with one attached hydrogen (secondary N) is 2. The summed E-state index contributed by atoms with van der Waals surface area (Å²) < 4.78 is 22.2. The molecular formula is C10H16ClN3O3S2. The SMILES string of the molecule is Cl.NS(=O)(=O)c1cc(C(=O)NCC2CCCN2)cs1. The van der Waals surface area contributed by atoms with Gasteiger partial charge in [0.1, 0.15) is 4.21 Å². The second-order valence-electron chi connectivity index (χ2n) is 4.20. The highest BCUT2D eigenvalue weighted by Crippen LogP contribution is 2.18. The van der Waals surface area contributed by atoms with Gasteiger partial charge in [-0.2, -0.15) is 0 Å². The predicted molar refractivity (Wildman–Crippen MR) is 76.3 cm³/mol. The molecule has 2 rings (SSSR count). The average molecular weight is 326 g/mol. The van der Waals surface area contributed by atoms with Gasteiger partial charge in [-0.05, 0) is 25.5 Å². The Balaban J connectivity index is 0.00000180. The first kappa shape index (κ1) is 16.4. The predicted octanol–water partition coefficient (Wildman–Crippen LogP) is 0.299. The number of amides is 1. The maximum atomic E-state index is 11.8. The van der Waals surface area contributed by atoms with Crippen LogP contribution in [-0.4, -0.2) is 33.5 Å². The van der Waals surface area contributed by atoms with Gasteiger partial charge in [-0.25, -0.2) is 13.6 Å². The molecule has 0 radical (unpaired) electrons. The quantitative estimate of drug-likeness (QED) is 0.741. The summed E-state index contributed by atoms with van der Waals surface area (Å²) in [6, 6.07) is 1.61. The second kappa shape index (κ2) is 6.67. The lowest BCUT2D eigenvalue weighted by Crippen LogP contribution is -2.37. The molecule has 1 amide bonds. The van der Waals surface area contributed by atoms with Crippen molar-refractivity contribution in [1.82, 2.24) is 10.6 Å². The summed E-state index contributed by atoms with van der Waals surface area (Å²) in [5.41, 5.74) is 0.335. The minimum Gasteiger partial charge on any atom is -0.350 e. The van der Waals surface area contributed by atoms with Crippen LogP contribution in [0.5, 0.6) is 0 Å². The Morgan fingerprint density at radius 1 is 1.58 bits per heavy atom. The normalized spacial score (nSPS) is 18.9. The van der Waals surface area contributed by atoms with Gasteiger partial charge in [0, 0.05) is 18.0 Å². The molecule has 1 aromatic rings. The largest absolute Gasteiger partial charge is 0.350 e. The third-order valence-electron chi connectivity index (χ3n) is 2.79. The van der Waals surface area contributed by atoms with E-state index in [1.54, 1.807) is 0 Å². The summed E-state index contributed by atoms with van der Waals surface area (Å²) in [5.74, 6) is -0.269. The fourth-order valence-electron chi connectivity index (χ4n) is 1.83. The first-order valence-electron chi connectivity index (χ1n) is 5.60. The minimum absolute atomic E-state index is 0. The summed E-state index contributed by atoms with van der Waals surface area (Å²) in [5, 5.41) is 12.5. The number of hydrogen-bond donors (Lipinski definition) is 3. The van der Waals surface area contributed by atoms with Crippen LogP contribution < -0.4 is 15.8 Å².